The molecule has 1 heterocycles. The van der Waals surface area contributed by atoms with Crippen LogP contribution >= 0.6 is 23.2 Å². The van der Waals surface area contributed by atoms with E-state index in [1.54, 1.807) is 12.1 Å². The van der Waals surface area contributed by atoms with E-state index in [0.29, 0.717) is 33.8 Å². The van der Waals surface area contributed by atoms with Gasteiger partial charge in [-0.2, -0.15) is 0 Å². The molecule has 0 bridgehead atoms. The van der Waals surface area contributed by atoms with Crippen LogP contribution < -0.4 is 5.32 Å². The number of amides is 1. The van der Waals surface area contributed by atoms with Crippen LogP contribution in [0.1, 0.15) is 29.8 Å². The summed E-state index contributed by atoms with van der Waals surface area (Å²) in [6, 6.07) is 13.0. The molecule has 3 rings (SSSR count). The second-order valence-corrected chi connectivity index (χ2v) is 7.55. The van der Waals surface area contributed by atoms with Crippen LogP contribution in [-0.4, -0.2) is 17.4 Å². The molecular formula is C21H20Cl2N2O. The van der Waals surface area contributed by atoms with Crippen LogP contribution in [0, 0.1) is 12.8 Å². The summed E-state index contributed by atoms with van der Waals surface area (Å²) in [7, 11) is 0. The number of para-hydroxylation sites is 1. The van der Waals surface area contributed by atoms with Gasteiger partial charge in [-0.25, -0.2) is 4.98 Å². The zero-order chi connectivity index (χ0) is 18.8. The van der Waals surface area contributed by atoms with Crippen molar-refractivity contribution >= 4 is 40.0 Å². The number of hydrogen-bond donors (Lipinski definition) is 1. The summed E-state index contributed by atoms with van der Waals surface area (Å²) in [4.78, 5) is 17.7. The highest BCUT2D eigenvalue weighted by Gasteiger charge is 2.20. The molecule has 0 aliphatic heterocycles. The van der Waals surface area contributed by atoms with E-state index >= 15 is 0 Å². The van der Waals surface area contributed by atoms with Gasteiger partial charge in [0.05, 0.1) is 21.8 Å². The van der Waals surface area contributed by atoms with Crippen LogP contribution in [0.4, 0.5) is 0 Å². The van der Waals surface area contributed by atoms with Crippen LogP contribution in [0.2, 0.25) is 10.0 Å². The van der Waals surface area contributed by atoms with Crippen LogP contribution in [0.5, 0.6) is 0 Å². The number of rotatable bonds is 4. The number of benzene rings is 2. The summed E-state index contributed by atoms with van der Waals surface area (Å²) >= 11 is 12.4. The first-order chi connectivity index (χ1) is 12.4. The third-order valence-corrected chi connectivity index (χ3v) is 4.77. The molecule has 134 valence electrons. The second kappa shape index (κ2) is 7.65. The number of aromatic nitrogens is 1. The topological polar surface area (TPSA) is 42.0 Å². The molecule has 0 atom stereocenters. The lowest BCUT2D eigenvalue weighted by Gasteiger charge is -2.16. The zero-order valence-corrected chi connectivity index (χ0v) is 16.4. The minimum Gasteiger partial charge on any atom is -0.352 e. The number of nitrogens with one attached hydrogen (secondary N) is 1. The monoisotopic (exact) mass is 386 g/mol. The second-order valence-electron chi connectivity index (χ2n) is 6.71. The fourth-order valence-electron chi connectivity index (χ4n) is 2.93. The summed E-state index contributed by atoms with van der Waals surface area (Å²) in [5.41, 5.74) is 3.65. The van der Waals surface area contributed by atoms with Crippen molar-refractivity contribution in [2.24, 2.45) is 5.92 Å². The molecule has 0 unspecified atom stereocenters. The van der Waals surface area contributed by atoms with Crippen LogP contribution in [0.15, 0.2) is 42.5 Å². The Labute approximate surface area is 163 Å². The maximum atomic E-state index is 12.9. The number of fused-ring (bicyclic) bond motifs is 1. The first-order valence-electron chi connectivity index (χ1n) is 8.51. The Balaban J connectivity index is 2.22. The molecule has 0 saturated heterocycles. The van der Waals surface area contributed by atoms with Gasteiger partial charge in [0, 0.05) is 22.5 Å². The normalized spacial score (nSPS) is 11.2. The summed E-state index contributed by atoms with van der Waals surface area (Å²) in [5.74, 6) is 0.277. The molecule has 1 N–H and O–H groups in total. The van der Waals surface area contributed by atoms with Crippen LogP contribution in [0.3, 0.4) is 0 Å². The highest BCUT2D eigenvalue weighted by Crippen LogP contribution is 2.34. The van der Waals surface area contributed by atoms with Gasteiger partial charge in [0.15, 0.2) is 0 Å². The Morgan fingerprint density at radius 1 is 1.15 bits per heavy atom. The van der Waals surface area contributed by atoms with Gasteiger partial charge in [0.25, 0.3) is 5.91 Å². The Hall–Kier alpha value is -2.10. The lowest BCUT2D eigenvalue weighted by Crippen LogP contribution is -2.28. The summed E-state index contributed by atoms with van der Waals surface area (Å²) in [6.45, 7) is 6.66. The quantitative estimate of drug-likeness (QED) is 0.605. The molecule has 0 fully saturated rings. The lowest BCUT2D eigenvalue weighted by atomic mass is 9.97. The molecule has 2 aromatic carbocycles. The largest absolute Gasteiger partial charge is 0.352 e. The number of halogens is 2. The molecular weight excluding hydrogens is 367 g/mol. The summed E-state index contributed by atoms with van der Waals surface area (Å²) in [5, 5.41) is 4.92. The van der Waals surface area contributed by atoms with Crippen molar-refractivity contribution in [3.63, 3.8) is 0 Å². The van der Waals surface area contributed by atoms with Gasteiger partial charge >= 0.3 is 0 Å². The van der Waals surface area contributed by atoms with E-state index in [9.17, 15) is 4.79 Å². The van der Waals surface area contributed by atoms with Crippen molar-refractivity contribution in [3.8, 4) is 11.3 Å². The number of pyridine rings is 1. The SMILES string of the molecule is Cc1c(-c2ccc(Cl)cc2Cl)nc2ccccc2c1C(=O)NCC(C)C. The van der Waals surface area contributed by atoms with Gasteiger partial charge in [-0.05, 0) is 42.7 Å². The van der Waals surface area contributed by atoms with E-state index in [1.165, 1.54) is 0 Å². The van der Waals surface area contributed by atoms with Gasteiger partial charge in [-0.15, -0.1) is 0 Å². The molecule has 0 spiro atoms. The van der Waals surface area contributed by atoms with E-state index in [1.807, 2.05) is 37.3 Å². The Kier molecular flexibility index (Phi) is 5.49. The molecule has 0 radical (unpaired) electrons. The fourth-order valence-corrected chi connectivity index (χ4v) is 3.43. The van der Waals surface area contributed by atoms with Crippen molar-refractivity contribution in [1.29, 1.82) is 0 Å². The van der Waals surface area contributed by atoms with Crippen molar-refractivity contribution in [3.05, 3.63) is 63.6 Å². The Bertz CT molecular complexity index is 983. The number of nitrogens with zero attached hydrogens (tertiary/aromatic N) is 1. The predicted octanol–water partition coefficient (Wildman–Crippen LogP) is 5.90. The van der Waals surface area contributed by atoms with E-state index < -0.39 is 0 Å². The molecule has 1 aromatic heterocycles. The molecule has 1 amide bonds. The van der Waals surface area contributed by atoms with Gasteiger partial charge in [0.1, 0.15) is 0 Å². The third-order valence-electron chi connectivity index (χ3n) is 4.22. The van der Waals surface area contributed by atoms with E-state index in [2.05, 4.69) is 19.2 Å². The maximum absolute atomic E-state index is 12.9. The minimum absolute atomic E-state index is 0.0962. The van der Waals surface area contributed by atoms with Crippen molar-refractivity contribution < 1.29 is 4.79 Å². The van der Waals surface area contributed by atoms with Gasteiger partial charge in [-0.1, -0.05) is 55.2 Å². The molecule has 3 nitrogen and oxygen atoms in total. The summed E-state index contributed by atoms with van der Waals surface area (Å²) < 4.78 is 0. The average Bonchev–Trinajstić information content (AvgIpc) is 2.59. The lowest BCUT2D eigenvalue weighted by molar-refractivity contribution is 0.0950. The van der Waals surface area contributed by atoms with Crippen molar-refractivity contribution in [2.75, 3.05) is 6.54 Å². The van der Waals surface area contributed by atoms with Gasteiger partial charge in [0.2, 0.25) is 0 Å². The highest BCUT2D eigenvalue weighted by atomic mass is 35.5. The predicted molar refractivity (Wildman–Crippen MR) is 109 cm³/mol. The number of carbonyl (C=O) groups is 1. The molecule has 0 aliphatic rings. The van der Waals surface area contributed by atoms with E-state index in [-0.39, 0.29) is 5.91 Å². The van der Waals surface area contributed by atoms with E-state index in [0.717, 1.165) is 22.0 Å². The highest BCUT2D eigenvalue weighted by molar-refractivity contribution is 6.36. The fraction of sp³-hybridized carbons (Fsp3) is 0.238. The first-order valence-corrected chi connectivity index (χ1v) is 9.27. The third kappa shape index (κ3) is 3.69. The number of carbonyl (C=O) groups excluding carboxylic acids is 1. The Morgan fingerprint density at radius 3 is 2.58 bits per heavy atom. The molecule has 0 aliphatic carbocycles. The molecule has 5 heteroatoms. The zero-order valence-electron chi connectivity index (χ0n) is 14.9. The van der Waals surface area contributed by atoms with Gasteiger partial charge < -0.3 is 5.32 Å². The van der Waals surface area contributed by atoms with Crippen LogP contribution in [-0.2, 0) is 0 Å². The van der Waals surface area contributed by atoms with Crippen molar-refractivity contribution in [1.82, 2.24) is 10.3 Å². The molecule has 0 saturated carbocycles. The molecule has 26 heavy (non-hydrogen) atoms. The number of hydrogen-bond acceptors (Lipinski definition) is 2. The maximum Gasteiger partial charge on any atom is 0.252 e. The first kappa shape index (κ1) is 18.7. The summed E-state index contributed by atoms with van der Waals surface area (Å²) in [6.07, 6.45) is 0. The molecule has 3 aromatic rings. The average molecular weight is 387 g/mol. The standard InChI is InChI=1S/C21H20Cl2N2O/c1-12(2)11-24-21(26)19-13(3)20(15-9-8-14(22)10-17(15)23)25-18-7-5-4-6-16(18)19/h4-10,12H,11H2,1-3H3,(H,24,26). The van der Waals surface area contributed by atoms with Crippen molar-refractivity contribution in [2.45, 2.75) is 20.8 Å². The minimum atomic E-state index is -0.0962. The smallest absolute Gasteiger partial charge is 0.252 e. The van der Waals surface area contributed by atoms with Gasteiger partial charge in [-0.3, -0.25) is 4.79 Å². The van der Waals surface area contributed by atoms with E-state index in [4.69, 9.17) is 28.2 Å². The Morgan fingerprint density at radius 2 is 1.88 bits per heavy atom. The van der Waals surface area contributed by atoms with Crippen LogP contribution in [0.25, 0.3) is 22.2 Å².